The molecular formula is C21H17N3. The van der Waals surface area contributed by atoms with Crippen LogP contribution in [0, 0.1) is 0 Å². The fourth-order valence-electron chi connectivity index (χ4n) is 3.60. The monoisotopic (exact) mass is 311 g/mol. The number of aromatic amines is 2. The number of aryl methyl sites for hydroxylation is 1. The summed E-state index contributed by atoms with van der Waals surface area (Å²) in [5.74, 6) is 0. The summed E-state index contributed by atoms with van der Waals surface area (Å²) >= 11 is 0. The number of fused-ring (bicyclic) bond motifs is 2. The number of H-pyrrole nitrogens is 2. The van der Waals surface area contributed by atoms with Crippen molar-refractivity contribution in [3.05, 3.63) is 73.3 Å². The number of rotatable bonds is 2. The Morgan fingerprint density at radius 2 is 1.08 bits per heavy atom. The van der Waals surface area contributed by atoms with Gasteiger partial charge in [-0.1, -0.05) is 36.4 Å². The van der Waals surface area contributed by atoms with Crippen LogP contribution in [0.1, 0.15) is 0 Å². The zero-order chi connectivity index (χ0) is 16.1. The van der Waals surface area contributed by atoms with E-state index in [0.29, 0.717) is 0 Å². The van der Waals surface area contributed by atoms with Gasteiger partial charge in [-0.2, -0.15) is 0 Å². The lowest BCUT2D eigenvalue weighted by Crippen LogP contribution is -1.78. The van der Waals surface area contributed by atoms with Crippen molar-refractivity contribution < 1.29 is 0 Å². The van der Waals surface area contributed by atoms with E-state index in [-0.39, 0.29) is 0 Å². The molecular weight excluding hydrogens is 294 g/mol. The van der Waals surface area contributed by atoms with Crippen LogP contribution in [0.4, 0.5) is 0 Å². The Kier molecular flexibility index (Phi) is 2.71. The Balaban J connectivity index is 1.80. The molecule has 2 aromatic carbocycles. The zero-order valence-corrected chi connectivity index (χ0v) is 13.4. The average Bonchev–Trinajstić information content (AvgIpc) is 3.30. The molecule has 116 valence electrons. The van der Waals surface area contributed by atoms with Crippen molar-refractivity contribution in [3.63, 3.8) is 0 Å². The van der Waals surface area contributed by atoms with E-state index in [1.54, 1.807) is 0 Å². The van der Waals surface area contributed by atoms with Crippen molar-refractivity contribution in [2.45, 2.75) is 0 Å². The second-order valence-electron chi connectivity index (χ2n) is 6.25. The first-order chi connectivity index (χ1) is 11.8. The number of para-hydroxylation sites is 2. The standard InChI is InChI=1S/C21H17N3/c1-24-12-18(16-10-22-20-8-4-2-6-14(16)20)19(13-24)17-11-23-21-9-5-3-7-15(17)21/h2-13,22-23H,1H3. The lowest BCUT2D eigenvalue weighted by Gasteiger charge is -2.02. The second kappa shape index (κ2) is 4.90. The van der Waals surface area contributed by atoms with Crippen LogP contribution >= 0.6 is 0 Å². The number of benzene rings is 2. The van der Waals surface area contributed by atoms with Gasteiger partial charge in [-0.15, -0.1) is 0 Å². The molecule has 0 bridgehead atoms. The molecule has 0 aliphatic heterocycles. The quantitative estimate of drug-likeness (QED) is 0.442. The van der Waals surface area contributed by atoms with Crippen molar-refractivity contribution in [1.82, 2.24) is 14.5 Å². The minimum absolute atomic E-state index is 1.17. The van der Waals surface area contributed by atoms with Gasteiger partial charge >= 0.3 is 0 Å². The molecule has 0 radical (unpaired) electrons. The molecule has 0 spiro atoms. The highest BCUT2D eigenvalue weighted by Gasteiger charge is 2.16. The fourth-order valence-corrected chi connectivity index (χ4v) is 3.60. The van der Waals surface area contributed by atoms with Gasteiger partial charge in [0.2, 0.25) is 0 Å². The Morgan fingerprint density at radius 3 is 1.58 bits per heavy atom. The summed E-state index contributed by atoms with van der Waals surface area (Å²) in [4.78, 5) is 6.78. The number of hydrogen-bond acceptors (Lipinski definition) is 0. The molecule has 0 unspecified atom stereocenters. The second-order valence-corrected chi connectivity index (χ2v) is 6.25. The van der Waals surface area contributed by atoms with E-state index >= 15 is 0 Å². The molecule has 2 N–H and O–H groups in total. The van der Waals surface area contributed by atoms with E-state index in [2.05, 4.69) is 94.9 Å². The molecule has 3 heteroatoms. The average molecular weight is 311 g/mol. The minimum atomic E-state index is 1.17. The van der Waals surface area contributed by atoms with Gasteiger partial charge in [-0.05, 0) is 12.1 Å². The van der Waals surface area contributed by atoms with E-state index in [0.717, 1.165) is 0 Å². The zero-order valence-electron chi connectivity index (χ0n) is 13.4. The summed E-state index contributed by atoms with van der Waals surface area (Å²) < 4.78 is 2.13. The number of hydrogen-bond donors (Lipinski definition) is 2. The van der Waals surface area contributed by atoms with Crippen molar-refractivity contribution in [2.75, 3.05) is 0 Å². The largest absolute Gasteiger partial charge is 0.361 e. The number of aromatic nitrogens is 3. The van der Waals surface area contributed by atoms with Crippen LogP contribution < -0.4 is 0 Å². The van der Waals surface area contributed by atoms with Crippen molar-refractivity contribution in [2.24, 2.45) is 7.05 Å². The van der Waals surface area contributed by atoms with Crippen LogP contribution in [0.5, 0.6) is 0 Å². The first-order valence-corrected chi connectivity index (χ1v) is 8.10. The van der Waals surface area contributed by atoms with Gasteiger partial charge in [-0.25, -0.2) is 0 Å². The molecule has 5 aromatic rings. The van der Waals surface area contributed by atoms with Crippen molar-refractivity contribution in [3.8, 4) is 22.3 Å². The van der Waals surface area contributed by atoms with Crippen LogP contribution in [0.2, 0.25) is 0 Å². The number of nitrogens with zero attached hydrogens (tertiary/aromatic N) is 1. The van der Waals surface area contributed by atoms with Gasteiger partial charge in [0.25, 0.3) is 0 Å². The molecule has 0 atom stereocenters. The lowest BCUT2D eigenvalue weighted by atomic mass is 9.98. The molecule has 0 aliphatic rings. The third-order valence-corrected chi connectivity index (χ3v) is 4.71. The first kappa shape index (κ1) is 13.3. The summed E-state index contributed by atoms with van der Waals surface area (Å²) in [5.41, 5.74) is 7.32. The Bertz CT molecular complexity index is 1080. The summed E-state index contributed by atoms with van der Waals surface area (Å²) in [6.45, 7) is 0. The SMILES string of the molecule is Cn1cc(-c2c[nH]c3ccccc23)c(-c2c[nH]c3ccccc23)c1. The predicted octanol–water partition coefficient (Wildman–Crippen LogP) is 5.32. The minimum Gasteiger partial charge on any atom is -0.361 e. The van der Waals surface area contributed by atoms with Crippen LogP contribution in [0.3, 0.4) is 0 Å². The Hall–Kier alpha value is -3.20. The highest BCUT2D eigenvalue weighted by Crippen LogP contribution is 2.39. The maximum absolute atomic E-state index is 3.39. The first-order valence-electron chi connectivity index (χ1n) is 8.10. The molecule has 5 rings (SSSR count). The summed E-state index contributed by atoms with van der Waals surface area (Å²) in [6.07, 6.45) is 8.62. The molecule has 0 aliphatic carbocycles. The van der Waals surface area contributed by atoms with Gasteiger partial charge in [0.05, 0.1) is 0 Å². The Labute approximate surface area is 139 Å². The molecule has 3 heterocycles. The van der Waals surface area contributed by atoms with Crippen molar-refractivity contribution in [1.29, 1.82) is 0 Å². The van der Waals surface area contributed by atoms with E-state index in [1.807, 2.05) is 0 Å². The van der Waals surface area contributed by atoms with E-state index in [4.69, 9.17) is 0 Å². The maximum atomic E-state index is 3.39. The van der Waals surface area contributed by atoms with E-state index in [9.17, 15) is 0 Å². The van der Waals surface area contributed by atoms with Gasteiger partial charge in [0, 0.05) is 75.9 Å². The topological polar surface area (TPSA) is 36.5 Å². The third kappa shape index (κ3) is 1.85. The summed E-state index contributed by atoms with van der Waals surface area (Å²) in [5, 5.41) is 2.51. The van der Waals surface area contributed by atoms with Gasteiger partial charge in [0.1, 0.15) is 0 Å². The smallest absolute Gasteiger partial charge is 0.0460 e. The van der Waals surface area contributed by atoms with E-state index < -0.39 is 0 Å². The highest BCUT2D eigenvalue weighted by atomic mass is 14.9. The lowest BCUT2D eigenvalue weighted by molar-refractivity contribution is 0.929. The molecule has 0 saturated heterocycles. The van der Waals surface area contributed by atoms with E-state index in [1.165, 1.54) is 44.1 Å². The molecule has 0 amide bonds. The third-order valence-electron chi connectivity index (χ3n) is 4.71. The van der Waals surface area contributed by atoms with Gasteiger partial charge < -0.3 is 14.5 Å². The molecule has 3 nitrogen and oxygen atoms in total. The summed E-state index contributed by atoms with van der Waals surface area (Å²) in [6, 6.07) is 16.9. The Morgan fingerprint density at radius 1 is 0.625 bits per heavy atom. The maximum Gasteiger partial charge on any atom is 0.0460 e. The molecule has 3 aromatic heterocycles. The van der Waals surface area contributed by atoms with Gasteiger partial charge in [-0.3, -0.25) is 0 Å². The normalized spacial score (nSPS) is 11.5. The van der Waals surface area contributed by atoms with Crippen LogP contribution in [0.25, 0.3) is 44.1 Å². The fraction of sp³-hybridized carbons (Fsp3) is 0.0476. The van der Waals surface area contributed by atoms with Crippen LogP contribution in [-0.2, 0) is 7.05 Å². The van der Waals surface area contributed by atoms with Crippen LogP contribution in [-0.4, -0.2) is 14.5 Å². The van der Waals surface area contributed by atoms with Gasteiger partial charge in [0.15, 0.2) is 0 Å². The van der Waals surface area contributed by atoms with Crippen LogP contribution in [0.15, 0.2) is 73.3 Å². The molecule has 0 saturated carbocycles. The summed E-state index contributed by atoms with van der Waals surface area (Å²) in [7, 11) is 2.08. The molecule has 0 fully saturated rings. The van der Waals surface area contributed by atoms with Crippen molar-refractivity contribution >= 4 is 21.8 Å². The molecule has 24 heavy (non-hydrogen) atoms. The predicted molar refractivity (Wildman–Crippen MR) is 100.0 cm³/mol. The highest BCUT2D eigenvalue weighted by molar-refractivity contribution is 6.04. The number of nitrogens with one attached hydrogen (secondary N) is 2.